The number of nitro groups is 1. The minimum Gasteiger partial charge on any atom is -0.369 e. The molecule has 0 aromatic heterocycles. The quantitative estimate of drug-likeness (QED) is 0.477. The lowest BCUT2D eigenvalue weighted by Gasteiger charge is -2.38. The minimum absolute atomic E-state index is 0.128. The van der Waals surface area contributed by atoms with Crippen LogP contribution in [0.2, 0.25) is 0 Å². The number of hydrogen-bond acceptors (Lipinski definition) is 4. The molecule has 0 bridgehead atoms. The van der Waals surface area contributed by atoms with Crippen molar-refractivity contribution >= 4 is 17.7 Å². The zero-order chi connectivity index (χ0) is 14.0. The van der Waals surface area contributed by atoms with E-state index in [4.69, 9.17) is 0 Å². The molecule has 102 valence electrons. The second-order valence-corrected chi connectivity index (χ2v) is 5.30. The third kappa shape index (κ3) is 2.75. The van der Waals surface area contributed by atoms with Crippen molar-refractivity contribution in [2.75, 3.05) is 11.4 Å². The minimum atomic E-state index is -0.518. The highest BCUT2D eigenvalue weighted by Crippen LogP contribution is 2.30. The van der Waals surface area contributed by atoms with Crippen molar-refractivity contribution in [3.8, 4) is 0 Å². The van der Waals surface area contributed by atoms with E-state index in [0.717, 1.165) is 18.7 Å². The molecule has 2 rings (SSSR count). The summed E-state index contributed by atoms with van der Waals surface area (Å²) in [5.41, 5.74) is 0.913. The highest BCUT2D eigenvalue weighted by Gasteiger charge is 2.24. The van der Waals surface area contributed by atoms with Crippen molar-refractivity contribution < 1.29 is 9.72 Å². The second kappa shape index (κ2) is 5.38. The molecule has 0 amide bonds. The predicted molar refractivity (Wildman–Crippen MR) is 73.7 cm³/mol. The van der Waals surface area contributed by atoms with Crippen LogP contribution in [-0.2, 0) is 0 Å². The monoisotopic (exact) mass is 262 g/mol. The lowest BCUT2D eigenvalue weighted by molar-refractivity contribution is -0.385. The molecule has 0 N–H and O–H groups in total. The maximum absolute atomic E-state index is 11.0. The van der Waals surface area contributed by atoms with Gasteiger partial charge in [0.25, 0.3) is 5.69 Å². The lowest BCUT2D eigenvalue weighted by Crippen LogP contribution is -2.41. The SMILES string of the molecule is CC1CCC(C)N(c2ccc([N+](=O)[O-])c(C=O)c2)C1. The number of piperidine rings is 1. The molecular formula is C14H18N2O3. The Bertz CT molecular complexity index is 501. The molecule has 2 unspecified atom stereocenters. The Morgan fingerprint density at radius 1 is 1.37 bits per heavy atom. The standard InChI is InChI=1S/C14H18N2O3/c1-10-3-4-11(2)15(8-10)13-5-6-14(16(18)19)12(7-13)9-17/h5-7,9-11H,3-4,8H2,1-2H3. The van der Waals surface area contributed by atoms with Crippen LogP contribution >= 0.6 is 0 Å². The van der Waals surface area contributed by atoms with Crippen molar-refractivity contribution in [3.63, 3.8) is 0 Å². The van der Waals surface area contributed by atoms with Gasteiger partial charge in [-0.1, -0.05) is 6.92 Å². The van der Waals surface area contributed by atoms with E-state index in [9.17, 15) is 14.9 Å². The molecule has 0 spiro atoms. The molecule has 0 radical (unpaired) electrons. The molecule has 1 heterocycles. The Hall–Kier alpha value is -1.91. The van der Waals surface area contributed by atoms with Gasteiger partial charge in [0.05, 0.1) is 10.5 Å². The third-order valence-electron chi connectivity index (χ3n) is 3.78. The number of nitrogens with zero attached hydrogens (tertiary/aromatic N) is 2. The number of anilines is 1. The van der Waals surface area contributed by atoms with Crippen LogP contribution in [0.15, 0.2) is 18.2 Å². The summed E-state index contributed by atoms with van der Waals surface area (Å²) in [7, 11) is 0. The average molecular weight is 262 g/mol. The molecular weight excluding hydrogens is 244 g/mol. The van der Waals surface area contributed by atoms with Gasteiger partial charge in [-0.2, -0.15) is 0 Å². The van der Waals surface area contributed by atoms with E-state index < -0.39 is 4.92 Å². The number of hydrogen-bond donors (Lipinski definition) is 0. The highest BCUT2D eigenvalue weighted by atomic mass is 16.6. The Morgan fingerprint density at radius 2 is 2.11 bits per heavy atom. The molecule has 0 aliphatic carbocycles. The van der Waals surface area contributed by atoms with E-state index in [2.05, 4.69) is 18.7 Å². The zero-order valence-corrected chi connectivity index (χ0v) is 11.2. The van der Waals surface area contributed by atoms with Gasteiger partial charge in [-0.15, -0.1) is 0 Å². The van der Waals surface area contributed by atoms with E-state index in [0.29, 0.717) is 18.2 Å². The first kappa shape index (κ1) is 13.5. The van der Waals surface area contributed by atoms with E-state index in [1.54, 1.807) is 12.1 Å². The largest absolute Gasteiger partial charge is 0.369 e. The fraction of sp³-hybridized carbons (Fsp3) is 0.500. The molecule has 0 saturated carbocycles. The van der Waals surface area contributed by atoms with Crippen LogP contribution in [0.1, 0.15) is 37.0 Å². The first-order chi connectivity index (χ1) is 9.02. The third-order valence-corrected chi connectivity index (χ3v) is 3.78. The summed E-state index contributed by atoms with van der Waals surface area (Å²) in [5.74, 6) is 0.603. The van der Waals surface area contributed by atoms with Crippen molar-refractivity contribution in [2.24, 2.45) is 5.92 Å². The number of aldehydes is 1. The highest BCUT2D eigenvalue weighted by molar-refractivity contribution is 5.83. The van der Waals surface area contributed by atoms with Gasteiger partial charge in [0.2, 0.25) is 0 Å². The number of nitro benzene ring substituents is 1. The molecule has 5 heteroatoms. The molecule has 19 heavy (non-hydrogen) atoms. The van der Waals surface area contributed by atoms with Crippen LogP contribution in [0.5, 0.6) is 0 Å². The van der Waals surface area contributed by atoms with Gasteiger partial charge in [-0.25, -0.2) is 0 Å². The molecule has 2 atom stereocenters. The molecule has 1 aliphatic heterocycles. The second-order valence-electron chi connectivity index (χ2n) is 5.30. The molecule has 1 aliphatic rings. The lowest BCUT2D eigenvalue weighted by atomic mass is 9.94. The number of carbonyl (C=O) groups excluding carboxylic acids is 1. The first-order valence-electron chi connectivity index (χ1n) is 6.53. The van der Waals surface area contributed by atoms with E-state index in [-0.39, 0.29) is 11.3 Å². The summed E-state index contributed by atoms with van der Waals surface area (Å²) in [6.45, 7) is 5.27. The Labute approximate surface area is 112 Å². The molecule has 1 aromatic carbocycles. The average Bonchev–Trinajstić information content (AvgIpc) is 2.40. The van der Waals surface area contributed by atoms with Gasteiger partial charge in [-0.3, -0.25) is 14.9 Å². The van der Waals surface area contributed by atoms with Crippen LogP contribution in [0.25, 0.3) is 0 Å². The van der Waals surface area contributed by atoms with Gasteiger partial charge in [0, 0.05) is 24.3 Å². The van der Waals surface area contributed by atoms with Gasteiger partial charge < -0.3 is 4.90 Å². The number of benzene rings is 1. The fourth-order valence-electron chi connectivity index (χ4n) is 2.63. The summed E-state index contributed by atoms with van der Waals surface area (Å²) in [4.78, 5) is 23.5. The van der Waals surface area contributed by atoms with Crippen LogP contribution in [-0.4, -0.2) is 23.8 Å². The zero-order valence-electron chi connectivity index (χ0n) is 11.2. The predicted octanol–water partition coefficient (Wildman–Crippen LogP) is 3.03. The smallest absolute Gasteiger partial charge is 0.280 e. The van der Waals surface area contributed by atoms with Gasteiger partial charge in [0.1, 0.15) is 0 Å². The topological polar surface area (TPSA) is 63.4 Å². The van der Waals surface area contributed by atoms with Gasteiger partial charge >= 0.3 is 0 Å². The van der Waals surface area contributed by atoms with Crippen LogP contribution in [0.4, 0.5) is 11.4 Å². The Kier molecular flexibility index (Phi) is 3.83. The Balaban J connectivity index is 2.34. The fourth-order valence-corrected chi connectivity index (χ4v) is 2.63. The number of carbonyl (C=O) groups is 1. The van der Waals surface area contributed by atoms with E-state index in [1.165, 1.54) is 12.5 Å². The summed E-state index contributed by atoms with van der Waals surface area (Å²) in [6, 6.07) is 5.18. The normalized spacial score (nSPS) is 23.2. The van der Waals surface area contributed by atoms with Crippen LogP contribution < -0.4 is 4.90 Å². The first-order valence-corrected chi connectivity index (χ1v) is 6.53. The maximum atomic E-state index is 11.0. The van der Waals surface area contributed by atoms with E-state index >= 15 is 0 Å². The summed E-state index contributed by atoms with van der Waals surface area (Å²) in [6.07, 6.45) is 2.86. The maximum Gasteiger partial charge on any atom is 0.280 e. The van der Waals surface area contributed by atoms with Crippen molar-refractivity contribution in [1.29, 1.82) is 0 Å². The summed E-state index contributed by atoms with van der Waals surface area (Å²) >= 11 is 0. The number of rotatable bonds is 3. The summed E-state index contributed by atoms with van der Waals surface area (Å²) in [5, 5.41) is 10.8. The van der Waals surface area contributed by atoms with E-state index in [1.807, 2.05) is 0 Å². The van der Waals surface area contributed by atoms with Gasteiger partial charge in [-0.05, 0) is 37.8 Å². The molecule has 1 saturated heterocycles. The molecule has 1 fully saturated rings. The molecule has 5 nitrogen and oxygen atoms in total. The summed E-state index contributed by atoms with van der Waals surface area (Å²) < 4.78 is 0. The molecule has 1 aromatic rings. The van der Waals surface area contributed by atoms with Crippen LogP contribution in [0, 0.1) is 16.0 Å². The Morgan fingerprint density at radius 3 is 2.74 bits per heavy atom. The van der Waals surface area contributed by atoms with Crippen LogP contribution in [0.3, 0.4) is 0 Å². The van der Waals surface area contributed by atoms with Crippen molar-refractivity contribution in [3.05, 3.63) is 33.9 Å². The van der Waals surface area contributed by atoms with Crippen molar-refractivity contribution in [2.45, 2.75) is 32.7 Å². The van der Waals surface area contributed by atoms with Crippen molar-refractivity contribution in [1.82, 2.24) is 0 Å². The van der Waals surface area contributed by atoms with Gasteiger partial charge in [0.15, 0.2) is 6.29 Å².